The van der Waals surface area contributed by atoms with Gasteiger partial charge in [-0.2, -0.15) is 0 Å². The summed E-state index contributed by atoms with van der Waals surface area (Å²) in [6.45, 7) is -0.00635. The average Bonchev–Trinajstić information content (AvgIpc) is 2.20. The van der Waals surface area contributed by atoms with Crippen LogP contribution in [0.4, 0.5) is 4.39 Å². The summed E-state index contributed by atoms with van der Waals surface area (Å²) in [5, 5.41) is 11.0. The molecule has 0 atom stereocenters. The number of hydrogen-bond acceptors (Lipinski definition) is 3. The fourth-order valence-electron chi connectivity index (χ4n) is 1.10. The predicted octanol–water partition coefficient (Wildman–Crippen LogP) is 1.01. The maximum absolute atomic E-state index is 13.3. The summed E-state index contributed by atoms with van der Waals surface area (Å²) in [6, 6.07) is 4.45. The molecule has 1 aromatic rings. The van der Waals surface area contributed by atoms with Gasteiger partial charge in [0.15, 0.2) is 0 Å². The molecule has 0 unspecified atom stereocenters. The predicted molar refractivity (Wildman–Crippen MR) is 52.3 cm³/mol. The Hall–Kier alpha value is -1.62. The van der Waals surface area contributed by atoms with Gasteiger partial charge in [0.25, 0.3) is 0 Å². The maximum Gasteiger partial charge on any atom is 0.317 e. The van der Waals surface area contributed by atoms with Crippen LogP contribution in [0.5, 0.6) is 5.75 Å². The molecular weight excluding hydrogens is 201 g/mol. The Morgan fingerprint density at radius 2 is 2.33 bits per heavy atom. The summed E-state index contributed by atoms with van der Waals surface area (Å²) in [5.41, 5.74) is 0.414. The highest BCUT2D eigenvalue weighted by Gasteiger charge is 2.04. The SMILES string of the molecule is COc1ccc(CNCC(=O)O)c(F)c1. The summed E-state index contributed by atoms with van der Waals surface area (Å²) in [7, 11) is 1.46. The molecule has 0 fully saturated rings. The highest BCUT2D eigenvalue weighted by Crippen LogP contribution is 2.15. The molecule has 4 nitrogen and oxygen atoms in total. The molecule has 0 heterocycles. The van der Waals surface area contributed by atoms with Gasteiger partial charge >= 0.3 is 5.97 Å². The average molecular weight is 213 g/mol. The van der Waals surface area contributed by atoms with Crippen molar-refractivity contribution >= 4 is 5.97 Å². The van der Waals surface area contributed by atoms with Crippen LogP contribution in [0.2, 0.25) is 0 Å². The summed E-state index contributed by atoms with van der Waals surface area (Å²) < 4.78 is 18.1. The largest absolute Gasteiger partial charge is 0.497 e. The Labute approximate surface area is 86.7 Å². The van der Waals surface area contributed by atoms with Gasteiger partial charge in [-0.15, -0.1) is 0 Å². The Morgan fingerprint density at radius 3 is 2.87 bits per heavy atom. The Morgan fingerprint density at radius 1 is 1.60 bits per heavy atom. The number of rotatable bonds is 5. The van der Waals surface area contributed by atoms with Gasteiger partial charge < -0.3 is 15.2 Å². The van der Waals surface area contributed by atoms with Crippen LogP contribution < -0.4 is 10.1 Å². The number of carboxylic acid groups (broad SMARTS) is 1. The fraction of sp³-hybridized carbons (Fsp3) is 0.300. The van der Waals surface area contributed by atoms with Gasteiger partial charge in [-0.1, -0.05) is 6.07 Å². The third-order valence-electron chi connectivity index (χ3n) is 1.85. The molecule has 1 rings (SSSR count). The van der Waals surface area contributed by atoms with Gasteiger partial charge in [0, 0.05) is 18.2 Å². The van der Waals surface area contributed by atoms with E-state index in [2.05, 4.69) is 5.32 Å². The molecule has 0 radical (unpaired) electrons. The maximum atomic E-state index is 13.3. The number of carbonyl (C=O) groups is 1. The zero-order valence-electron chi connectivity index (χ0n) is 8.29. The molecule has 0 aliphatic heterocycles. The van der Waals surface area contributed by atoms with E-state index in [-0.39, 0.29) is 13.1 Å². The first kappa shape index (κ1) is 11.5. The molecule has 0 spiro atoms. The van der Waals surface area contributed by atoms with Crippen molar-refractivity contribution in [3.05, 3.63) is 29.6 Å². The zero-order valence-corrected chi connectivity index (χ0v) is 8.29. The molecule has 0 saturated heterocycles. The summed E-state index contributed by atoms with van der Waals surface area (Å²) in [4.78, 5) is 10.2. The van der Waals surface area contributed by atoms with Crippen LogP contribution in [0.15, 0.2) is 18.2 Å². The molecular formula is C10H12FNO3. The van der Waals surface area contributed by atoms with Gasteiger partial charge in [-0.3, -0.25) is 4.79 Å². The Balaban J connectivity index is 2.58. The minimum atomic E-state index is -0.969. The molecule has 0 aliphatic carbocycles. The minimum absolute atomic E-state index is 0.183. The lowest BCUT2D eigenvalue weighted by Gasteiger charge is -2.05. The van der Waals surface area contributed by atoms with Gasteiger partial charge in [-0.05, 0) is 6.07 Å². The summed E-state index contributed by atoms with van der Waals surface area (Å²) in [5.74, 6) is -0.939. The topological polar surface area (TPSA) is 58.6 Å². The zero-order chi connectivity index (χ0) is 11.3. The van der Waals surface area contributed by atoms with E-state index in [1.807, 2.05) is 0 Å². The molecule has 2 N–H and O–H groups in total. The van der Waals surface area contributed by atoms with Crippen LogP contribution in [0.3, 0.4) is 0 Å². The third-order valence-corrected chi connectivity index (χ3v) is 1.85. The standard InChI is InChI=1S/C10H12FNO3/c1-15-8-3-2-7(9(11)4-8)5-12-6-10(13)14/h2-4,12H,5-6H2,1H3,(H,13,14). The Bertz CT molecular complexity index is 355. The number of methoxy groups -OCH3 is 1. The highest BCUT2D eigenvalue weighted by molar-refractivity contribution is 5.68. The van der Waals surface area contributed by atoms with Crippen LogP contribution in [0, 0.1) is 5.82 Å². The van der Waals surface area contributed by atoms with Crippen molar-refractivity contribution in [1.29, 1.82) is 0 Å². The molecule has 1 aromatic carbocycles. The molecule has 82 valence electrons. The van der Waals surface area contributed by atoms with Crippen molar-refractivity contribution < 1.29 is 19.0 Å². The van der Waals surface area contributed by atoms with Gasteiger partial charge in [0.1, 0.15) is 11.6 Å². The fourth-order valence-corrected chi connectivity index (χ4v) is 1.10. The second-order valence-corrected chi connectivity index (χ2v) is 2.95. The third kappa shape index (κ3) is 3.55. The van der Waals surface area contributed by atoms with Crippen LogP contribution >= 0.6 is 0 Å². The van der Waals surface area contributed by atoms with Crippen molar-refractivity contribution in [3.8, 4) is 5.75 Å². The molecule has 0 amide bonds. The van der Waals surface area contributed by atoms with Crippen molar-refractivity contribution in [2.24, 2.45) is 0 Å². The molecule has 0 saturated carbocycles. The minimum Gasteiger partial charge on any atom is -0.497 e. The molecule has 0 aromatic heterocycles. The number of carboxylic acids is 1. The number of ether oxygens (including phenoxy) is 1. The van der Waals surface area contributed by atoms with Crippen molar-refractivity contribution in [1.82, 2.24) is 5.32 Å². The molecule has 15 heavy (non-hydrogen) atoms. The van der Waals surface area contributed by atoms with Crippen LogP contribution in [0.25, 0.3) is 0 Å². The van der Waals surface area contributed by atoms with E-state index in [9.17, 15) is 9.18 Å². The lowest BCUT2D eigenvalue weighted by atomic mass is 10.2. The number of nitrogens with one attached hydrogen (secondary N) is 1. The quantitative estimate of drug-likeness (QED) is 0.766. The van der Waals surface area contributed by atoms with Crippen molar-refractivity contribution in [2.45, 2.75) is 6.54 Å². The van der Waals surface area contributed by atoms with Gasteiger partial charge in [0.05, 0.1) is 13.7 Å². The first-order valence-electron chi connectivity index (χ1n) is 4.38. The van der Waals surface area contributed by atoms with Crippen molar-refractivity contribution in [3.63, 3.8) is 0 Å². The van der Waals surface area contributed by atoms with E-state index in [1.54, 1.807) is 12.1 Å². The van der Waals surface area contributed by atoms with E-state index in [1.165, 1.54) is 13.2 Å². The van der Waals surface area contributed by atoms with E-state index >= 15 is 0 Å². The second-order valence-electron chi connectivity index (χ2n) is 2.95. The smallest absolute Gasteiger partial charge is 0.317 e. The van der Waals surface area contributed by atoms with E-state index in [0.717, 1.165) is 0 Å². The lowest BCUT2D eigenvalue weighted by Crippen LogP contribution is -2.22. The number of aliphatic carboxylic acids is 1. The monoisotopic (exact) mass is 213 g/mol. The number of benzene rings is 1. The normalized spacial score (nSPS) is 10.0. The van der Waals surface area contributed by atoms with E-state index in [4.69, 9.17) is 9.84 Å². The number of halogens is 1. The molecule has 5 heteroatoms. The van der Waals surface area contributed by atoms with Crippen LogP contribution in [-0.2, 0) is 11.3 Å². The van der Waals surface area contributed by atoms with Crippen LogP contribution in [0.1, 0.15) is 5.56 Å². The molecule has 0 bridgehead atoms. The second kappa shape index (κ2) is 5.31. The van der Waals surface area contributed by atoms with E-state index < -0.39 is 11.8 Å². The van der Waals surface area contributed by atoms with Gasteiger partial charge in [-0.25, -0.2) is 4.39 Å². The first-order valence-corrected chi connectivity index (χ1v) is 4.38. The Kier molecular flexibility index (Phi) is 4.05. The first-order chi connectivity index (χ1) is 7.13. The summed E-state index contributed by atoms with van der Waals surface area (Å²) in [6.07, 6.45) is 0. The van der Waals surface area contributed by atoms with Crippen LogP contribution in [-0.4, -0.2) is 24.7 Å². The van der Waals surface area contributed by atoms with Gasteiger partial charge in [0.2, 0.25) is 0 Å². The lowest BCUT2D eigenvalue weighted by molar-refractivity contribution is -0.136. The highest BCUT2D eigenvalue weighted by atomic mass is 19.1. The number of hydrogen-bond donors (Lipinski definition) is 2. The summed E-state index contributed by atoms with van der Waals surface area (Å²) >= 11 is 0. The van der Waals surface area contributed by atoms with E-state index in [0.29, 0.717) is 11.3 Å². The van der Waals surface area contributed by atoms with Crippen molar-refractivity contribution in [2.75, 3.05) is 13.7 Å². The molecule has 0 aliphatic rings.